The molecule has 7 nitrogen and oxygen atoms in total. The molecule has 0 saturated heterocycles. The SMILES string of the molecule is Cc1ccc(NC(=O)c2c(-n3c(C)cc(/C=N/NC(=O)CSc4nc5ccccc5s4)c3C)sc3c2CCCC3)cc1. The van der Waals surface area contributed by atoms with Crippen molar-refractivity contribution in [2.24, 2.45) is 5.10 Å². The Morgan fingerprint density at radius 1 is 1.05 bits per heavy atom. The zero-order valence-electron chi connectivity index (χ0n) is 23.7. The number of benzene rings is 2. The van der Waals surface area contributed by atoms with Crippen LogP contribution < -0.4 is 10.7 Å². The number of thiazole rings is 1. The minimum absolute atomic E-state index is 0.0751. The second-order valence-electron chi connectivity index (χ2n) is 10.4. The number of nitrogens with one attached hydrogen (secondary N) is 2. The largest absolute Gasteiger partial charge is 0.322 e. The van der Waals surface area contributed by atoms with Crippen molar-refractivity contribution in [3.8, 4) is 5.00 Å². The van der Waals surface area contributed by atoms with E-state index in [1.807, 2.05) is 75.4 Å². The molecule has 0 atom stereocenters. The van der Waals surface area contributed by atoms with E-state index in [9.17, 15) is 9.59 Å². The lowest BCUT2D eigenvalue weighted by molar-refractivity contribution is -0.118. The number of thiophene rings is 1. The number of thioether (sulfide) groups is 1. The maximum atomic E-state index is 13.7. The molecule has 2 amide bonds. The summed E-state index contributed by atoms with van der Waals surface area (Å²) in [5, 5.41) is 8.32. The molecule has 0 saturated carbocycles. The Morgan fingerprint density at radius 3 is 2.64 bits per heavy atom. The molecular formula is C32H31N5O2S3. The predicted octanol–water partition coefficient (Wildman–Crippen LogP) is 7.45. The number of fused-ring (bicyclic) bond motifs is 2. The third-order valence-corrected chi connectivity index (χ3v) is 10.8. The Kier molecular flexibility index (Phi) is 8.28. The molecule has 0 bridgehead atoms. The summed E-state index contributed by atoms with van der Waals surface area (Å²) in [4.78, 5) is 32.1. The molecular weight excluding hydrogens is 583 g/mol. The minimum atomic E-state index is -0.190. The number of anilines is 1. The van der Waals surface area contributed by atoms with Crippen LogP contribution in [0.3, 0.4) is 0 Å². The second-order valence-corrected chi connectivity index (χ2v) is 13.7. The highest BCUT2D eigenvalue weighted by atomic mass is 32.2. The third kappa shape index (κ3) is 5.92. The first kappa shape index (κ1) is 28.4. The number of aromatic nitrogens is 2. The monoisotopic (exact) mass is 613 g/mol. The number of hydrogen-bond donors (Lipinski definition) is 2. The van der Waals surface area contributed by atoms with Crippen molar-refractivity contribution in [2.45, 2.75) is 50.8 Å². The summed E-state index contributed by atoms with van der Waals surface area (Å²) in [6, 6.07) is 17.9. The van der Waals surface area contributed by atoms with Crippen LogP contribution in [0.15, 0.2) is 64.0 Å². The normalized spacial score (nSPS) is 13.0. The number of para-hydroxylation sites is 1. The lowest BCUT2D eigenvalue weighted by atomic mass is 9.95. The van der Waals surface area contributed by atoms with E-state index in [-0.39, 0.29) is 17.6 Å². The van der Waals surface area contributed by atoms with E-state index in [0.717, 1.165) is 79.0 Å². The van der Waals surface area contributed by atoms with E-state index in [0.29, 0.717) is 0 Å². The molecule has 0 aliphatic heterocycles. The van der Waals surface area contributed by atoms with Crippen LogP contribution >= 0.6 is 34.4 Å². The second kappa shape index (κ2) is 12.2. The van der Waals surface area contributed by atoms with Gasteiger partial charge in [0.2, 0.25) is 0 Å². The van der Waals surface area contributed by atoms with Crippen molar-refractivity contribution >= 4 is 68.4 Å². The smallest absolute Gasteiger partial charge is 0.258 e. The molecule has 214 valence electrons. The number of amides is 2. The minimum Gasteiger partial charge on any atom is -0.322 e. The molecule has 42 heavy (non-hydrogen) atoms. The molecule has 0 fully saturated rings. The quantitative estimate of drug-likeness (QED) is 0.108. The van der Waals surface area contributed by atoms with Crippen LogP contribution in [-0.4, -0.2) is 33.3 Å². The van der Waals surface area contributed by atoms with Crippen LogP contribution in [0.2, 0.25) is 0 Å². The molecule has 0 spiro atoms. The molecule has 3 aromatic heterocycles. The van der Waals surface area contributed by atoms with Crippen molar-refractivity contribution in [3.63, 3.8) is 0 Å². The van der Waals surface area contributed by atoms with Crippen LogP contribution in [0, 0.1) is 20.8 Å². The van der Waals surface area contributed by atoms with Crippen molar-refractivity contribution < 1.29 is 9.59 Å². The van der Waals surface area contributed by atoms with Gasteiger partial charge in [-0.15, -0.1) is 22.7 Å². The zero-order valence-corrected chi connectivity index (χ0v) is 26.1. The predicted molar refractivity (Wildman–Crippen MR) is 175 cm³/mol. The third-order valence-electron chi connectivity index (χ3n) is 7.36. The van der Waals surface area contributed by atoms with Gasteiger partial charge in [0, 0.05) is 27.5 Å². The average molecular weight is 614 g/mol. The molecule has 3 heterocycles. The van der Waals surface area contributed by atoms with Crippen molar-refractivity contribution in [1.82, 2.24) is 15.0 Å². The van der Waals surface area contributed by atoms with Gasteiger partial charge in [-0.2, -0.15) is 5.10 Å². The Labute approximate surface area is 257 Å². The van der Waals surface area contributed by atoms with Crippen LogP contribution in [0.25, 0.3) is 15.2 Å². The number of hydrogen-bond acceptors (Lipinski definition) is 7. The van der Waals surface area contributed by atoms with Gasteiger partial charge in [0.25, 0.3) is 11.8 Å². The average Bonchev–Trinajstić information content (AvgIpc) is 3.65. The molecule has 0 unspecified atom stereocenters. The highest BCUT2D eigenvalue weighted by molar-refractivity contribution is 8.01. The molecule has 1 aliphatic carbocycles. The highest BCUT2D eigenvalue weighted by Gasteiger charge is 2.28. The lowest BCUT2D eigenvalue weighted by Gasteiger charge is -2.14. The van der Waals surface area contributed by atoms with E-state index in [2.05, 4.69) is 25.4 Å². The standard InChI is InChI=1S/C32H31N5O2S3/c1-19-12-14-23(15-13-19)34-30(39)29-24-8-4-6-10-26(24)41-31(29)37-20(2)16-22(21(37)3)17-33-36-28(38)18-40-32-35-25-9-5-7-11-27(25)42-32/h5,7,9,11-17H,4,6,8,10,18H2,1-3H3,(H,34,39)(H,36,38)/b33-17+. The van der Waals surface area contributed by atoms with E-state index < -0.39 is 0 Å². The summed E-state index contributed by atoms with van der Waals surface area (Å²) in [6.45, 7) is 6.10. The molecule has 6 rings (SSSR count). The number of aryl methyl sites for hydroxylation is 3. The van der Waals surface area contributed by atoms with Gasteiger partial charge in [0.05, 0.1) is 27.7 Å². The first-order valence-corrected chi connectivity index (χ1v) is 16.5. The van der Waals surface area contributed by atoms with Gasteiger partial charge in [-0.25, -0.2) is 10.4 Å². The molecule has 1 aliphatic rings. The van der Waals surface area contributed by atoms with Gasteiger partial charge in [-0.3, -0.25) is 9.59 Å². The van der Waals surface area contributed by atoms with Gasteiger partial charge < -0.3 is 9.88 Å². The first-order valence-electron chi connectivity index (χ1n) is 13.9. The van der Waals surface area contributed by atoms with Gasteiger partial charge in [0.1, 0.15) is 5.00 Å². The number of carbonyl (C=O) groups excluding carboxylic acids is 2. The van der Waals surface area contributed by atoms with Crippen molar-refractivity contribution in [3.05, 3.63) is 93.1 Å². The summed E-state index contributed by atoms with van der Waals surface area (Å²) in [7, 11) is 0. The van der Waals surface area contributed by atoms with Gasteiger partial charge >= 0.3 is 0 Å². The number of nitrogens with zero attached hydrogens (tertiary/aromatic N) is 3. The van der Waals surface area contributed by atoms with Crippen LogP contribution in [0.5, 0.6) is 0 Å². The summed E-state index contributed by atoms with van der Waals surface area (Å²) in [5.74, 6) is -0.0321. The summed E-state index contributed by atoms with van der Waals surface area (Å²) >= 11 is 4.70. The van der Waals surface area contributed by atoms with Gasteiger partial charge in [0.15, 0.2) is 4.34 Å². The number of carbonyl (C=O) groups is 2. The van der Waals surface area contributed by atoms with Gasteiger partial charge in [-0.05, 0) is 82.3 Å². The Balaban J connectivity index is 1.19. The van der Waals surface area contributed by atoms with E-state index in [1.165, 1.54) is 22.2 Å². The highest BCUT2D eigenvalue weighted by Crippen LogP contribution is 2.39. The molecule has 2 N–H and O–H groups in total. The topological polar surface area (TPSA) is 88.4 Å². The Bertz CT molecular complexity index is 1780. The molecule has 2 aromatic carbocycles. The van der Waals surface area contributed by atoms with Crippen molar-refractivity contribution in [2.75, 3.05) is 11.1 Å². The zero-order chi connectivity index (χ0) is 29.2. The van der Waals surface area contributed by atoms with Crippen molar-refractivity contribution in [1.29, 1.82) is 0 Å². The van der Waals surface area contributed by atoms with Crippen LogP contribution in [0.4, 0.5) is 5.69 Å². The molecule has 10 heteroatoms. The Morgan fingerprint density at radius 2 is 1.83 bits per heavy atom. The summed E-state index contributed by atoms with van der Waals surface area (Å²) in [6.07, 6.45) is 5.83. The molecule has 5 aromatic rings. The Hall–Kier alpha value is -3.73. The fourth-order valence-corrected chi connectivity index (χ4v) is 8.61. The molecule has 0 radical (unpaired) electrons. The van der Waals surface area contributed by atoms with E-state index in [1.54, 1.807) is 28.9 Å². The van der Waals surface area contributed by atoms with E-state index in [4.69, 9.17) is 0 Å². The fourth-order valence-electron chi connectivity index (χ4n) is 5.25. The maximum absolute atomic E-state index is 13.7. The summed E-state index contributed by atoms with van der Waals surface area (Å²) < 4.78 is 4.12. The maximum Gasteiger partial charge on any atom is 0.258 e. The fraction of sp³-hybridized carbons (Fsp3) is 0.250. The van der Waals surface area contributed by atoms with E-state index >= 15 is 0 Å². The summed E-state index contributed by atoms with van der Waals surface area (Å²) in [5.41, 5.74) is 10.3. The van der Waals surface area contributed by atoms with Crippen LogP contribution in [-0.2, 0) is 17.6 Å². The number of rotatable bonds is 8. The van der Waals surface area contributed by atoms with Crippen LogP contribution in [0.1, 0.15) is 56.2 Å². The first-order chi connectivity index (χ1) is 20.4. The van der Waals surface area contributed by atoms with Gasteiger partial charge in [-0.1, -0.05) is 41.6 Å². The lowest BCUT2D eigenvalue weighted by Crippen LogP contribution is -2.19. The number of hydrazone groups is 1.